The maximum atomic E-state index is 11.2. The number of hydrogen-bond donors (Lipinski definition) is 0. The monoisotopic (exact) mass is 329 g/mol. The molecule has 0 bridgehead atoms. The highest BCUT2D eigenvalue weighted by Crippen LogP contribution is 2.30. The summed E-state index contributed by atoms with van der Waals surface area (Å²) in [6, 6.07) is 10.6. The smallest absolute Gasteiger partial charge is 0.316 e. The molecule has 2 aromatic rings. The van der Waals surface area contributed by atoms with E-state index >= 15 is 0 Å². The fraction of sp³-hybridized carbons (Fsp3) is 0.353. The summed E-state index contributed by atoms with van der Waals surface area (Å²) in [7, 11) is 1.39. The third-order valence-electron chi connectivity index (χ3n) is 3.95. The third kappa shape index (κ3) is 4.01. The molecule has 1 atom stereocenters. The highest BCUT2D eigenvalue weighted by molar-refractivity contribution is 7.99. The minimum absolute atomic E-state index is 0.251. The Morgan fingerprint density at radius 3 is 2.96 bits per heavy atom. The summed E-state index contributed by atoms with van der Waals surface area (Å²) in [5.41, 5.74) is 1.37. The summed E-state index contributed by atoms with van der Waals surface area (Å²) in [6.45, 7) is 1.92. The van der Waals surface area contributed by atoms with Crippen LogP contribution in [-0.2, 0) is 9.53 Å². The molecule has 0 N–H and O–H groups in total. The van der Waals surface area contributed by atoms with Gasteiger partial charge in [0.15, 0.2) is 0 Å². The highest BCUT2D eigenvalue weighted by atomic mass is 32.2. The van der Waals surface area contributed by atoms with Crippen molar-refractivity contribution < 1.29 is 9.53 Å². The lowest BCUT2D eigenvalue weighted by molar-refractivity contribution is -0.137. The Morgan fingerprint density at radius 1 is 1.35 bits per heavy atom. The summed E-state index contributed by atoms with van der Waals surface area (Å²) in [4.78, 5) is 22.3. The summed E-state index contributed by atoms with van der Waals surface area (Å²) < 4.78 is 4.65. The molecule has 1 saturated heterocycles. The van der Waals surface area contributed by atoms with Gasteiger partial charge in [0.25, 0.3) is 0 Å². The lowest BCUT2D eigenvalue weighted by atomic mass is 9.99. The molecule has 120 valence electrons. The molecule has 0 spiro atoms. The first-order chi connectivity index (χ1) is 11.3. The number of aromatic nitrogens is 2. The molecule has 0 aliphatic carbocycles. The third-order valence-corrected chi connectivity index (χ3v) is 4.82. The number of anilines is 1. The topological polar surface area (TPSA) is 55.3 Å². The molecule has 5 nitrogen and oxygen atoms in total. The Balaban J connectivity index is 1.65. The maximum absolute atomic E-state index is 11.2. The fourth-order valence-electron chi connectivity index (χ4n) is 2.72. The molecule has 0 radical (unpaired) electrons. The number of nitrogens with zero attached hydrogens (tertiary/aromatic N) is 3. The van der Waals surface area contributed by atoms with E-state index in [2.05, 4.69) is 43.9 Å². The number of thioether (sulfide) groups is 1. The number of hydrogen-bond acceptors (Lipinski definition) is 6. The normalized spacial score (nSPS) is 17.3. The first-order valence-corrected chi connectivity index (χ1v) is 8.56. The Labute approximate surface area is 140 Å². The summed E-state index contributed by atoms with van der Waals surface area (Å²) in [5.74, 6) is 1.40. The largest absolute Gasteiger partial charge is 0.468 e. The average Bonchev–Trinajstić information content (AvgIpc) is 3.11. The van der Waals surface area contributed by atoms with E-state index < -0.39 is 0 Å². The lowest BCUT2D eigenvalue weighted by Crippen LogP contribution is -2.20. The van der Waals surface area contributed by atoms with Crippen molar-refractivity contribution in [2.24, 2.45) is 0 Å². The van der Waals surface area contributed by atoms with Crippen LogP contribution >= 0.6 is 11.8 Å². The second-order valence-corrected chi connectivity index (χ2v) is 6.42. The summed E-state index contributed by atoms with van der Waals surface area (Å²) in [5, 5.41) is 0.746. The second kappa shape index (κ2) is 7.46. The highest BCUT2D eigenvalue weighted by Gasteiger charge is 2.25. The number of ether oxygens (including phenoxy) is 1. The number of rotatable bonds is 5. The number of carbonyl (C=O) groups is 1. The molecule has 2 heterocycles. The van der Waals surface area contributed by atoms with Gasteiger partial charge >= 0.3 is 5.97 Å². The summed E-state index contributed by atoms with van der Waals surface area (Å²) in [6.07, 6.45) is 4.59. The minimum Gasteiger partial charge on any atom is -0.468 e. The minimum atomic E-state index is -0.257. The van der Waals surface area contributed by atoms with Crippen LogP contribution in [0, 0.1) is 0 Å². The second-order valence-electron chi connectivity index (χ2n) is 5.42. The molecular formula is C17H19N3O2S. The zero-order chi connectivity index (χ0) is 16.1. The molecule has 1 aromatic heterocycles. The van der Waals surface area contributed by atoms with E-state index in [4.69, 9.17) is 0 Å². The molecule has 1 fully saturated rings. The van der Waals surface area contributed by atoms with E-state index in [1.165, 1.54) is 24.4 Å². The Hall–Kier alpha value is -2.08. The van der Waals surface area contributed by atoms with Crippen LogP contribution in [0.3, 0.4) is 0 Å². The van der Waals surface area contributed by atoms with Gasteiger partial charge in [-0.05, 0) is 12.0 Å². The quantitative estimate of drug-likeness (QED) is 0.621. The van der Waals surface area contributed by atoms with E-state index in [0.717, 1.165) is 30.4 Å². The van der Waals surface area contributed by atoms with Crippen LogP contribution in [0.2, 0.25) is 0 Å². The molecule has 0 saturated carbocycles. The molecule has 3 rings (SSSR count). The molecule has 1 unspecified atom stereocenters. The van der Waals surface area contributed by atoms with Crippen molar-refractivity contribution in [3.05, 3.63) is 48.3 Å². The first kappa shape index (κ1) is 15.8. The van der Waals surface area contributed by atoms with Crippen molar-refractivity contribution >= 4 is 23.5 Å². The van der Waals surface area contributed by atoms with Gasteiger partial charge in [-0.3, -0.25) is 9.78 Å². The van der Waals surface area contributed by atoms with Crippen molar-refractivity contribution in [1.82, 2.24) is 9.97 Å². The Morgan fingerprint density at radius 2 is 2.17 bits per heavy atom. The van der Waals surface area contributed by atoms with Crippen LogP contribution in [-0.4, -0.2) is 41.9 Å². The number of methoxy groups -OCH3 is 1. The predicted molar refractivity (Wildman–Crippen MR) is 90.8 cm³/mol. The van der Waals surface area contributed by atoms with Gasteiger partial charge in [0, 0.05) is 19.0 Å². The molecular weight excluding hydrogens is 310 g/mol. The standard InChI is InChI=1S/C17H19N3O2S/c1-22-17(21)12-23-16-10-18-9-15(19-16)20-8-7-14(11-20)13-5-3-2-4-6-13/h2-6,9-10,14H,7-8,11-12H2,1H3. The van der Waals surface area contributed by atoms with E-state index in [1.807, 2.05) is 6.07 Å². The Bertz CT molecular complexity index is 666. The van der Waals surface area contributed by atoms with Crippen LogP contribution < -0.4 is 4.90 Å². The Kier molecular flexibility index (Phi) is 5.12. The van der Waals surface area contributed by atoms with Gasteiger partial charge in [-0.1, -0.05) is 42.1 Å². The summed E-state index contributed by atoms with van der Waals surface area (Å²) >= 11 is 1.35. The van der Waals surface area contributed by atoms with Gasteiger partial charge in [0.05, 0.1) is 25.3 Å². The van der Waals surface area contributed by atoms with Gasteiger partial charge in [-0.2, -0.15) is 0 Å². The van der Waals surface area contributed by atoms with E-state index in [1.54, 1.807) is 12.4 Å². The fourth-order valence-corrected chi connectivity index (χ4v) is 3.39. The predicted octanol–water partition coefficient (Wildman–Crippen LogP) is 2.74. The number of benzene rings is 1. The van der Waals surface area contributed by atoms with Crippen LogP contribution in [0.15, 0.2) is 47.8 Å². The van der Waals surface area contributed by atoms with E-state index in [-0.39, 0.29) is 11.7 Å². The number of esters is 1. The maximum Gasteiger partial charge on any atom is 0.316 e. The molecule has 1 aliphatic rings. The van der Waals surface area contributed by atoms with Crippen LogP contribution in [0.1, 0.15) is 17.9 Å². The van der Waals surface area contributed by atoms with Gasteiger partial charge in [-0.25, -0.2) is 4.98 Å². The molecule has 0 amide bonds. The molecule has 1 aliphatic heterocycles. The van der Waals surface area contributed by atoms with Crippen LogP contribution in [0.5, 0.6) is 0 Å². The molecule has 6 heteroatoms. The lowest BCUT2D eigenvalue weighted by Gasteiger charge is -2.17. The van der Waals surface area contributed by atoms with Gasteiger partial charge in [0.1, 0.15) is 10.8 Å². The van der Waals surface area contributed by atoms with Crippen LogP contribution in [0.25, 0.3) is 0 Å². The molecule has 23 heavy (non-hydrogen) atoms. The van der Waals surface area contributed by atoms with Gasteiger partial charge in [-0.15, -0.1) is 0 Å². The van der Waals surface area contributed by atoms with Gasteiger partial charge in [0.2, 0.25) is 0 Å². The molecule has 1 aromatic carbocycles. The number of carbonyl (C=O) groups excluding carboxylic acids is 1. The van der Waals surface area contributed by atoms with Crippen molar-refractivity contribution in [1.29, 1.82) is 0 Å². The zero-order valence-corrected chi connectivity index (χ0v) is 13.8. The van der Waals surface area contributed by atoms with Crippen molar-refractivity contribution in [2.45, 2.75) is 17.4 Å². The van der Waals surface area contributed by atoms with Gasteiger partial charge < -0.3 is 9.64 Å². The van der Waals surface area contributed by atoms with Crippen LogP contribution in [0.4, 0.5) is 5.82 Å². The van der Waals surface area contributed by atoms with E-state index in [0.29, 0.717) is 5.92 Å². The van der Waals surface area contributed by atoms with Crippen molar-refractivity contribution in [2.75, 3.05) is 30.9 Å². The van der Waals surface area contributed by atoms with Crippen molar-refractivity contribution in [3.63, 3.8) is 0 Å². The average molecular weight is 329 g/mol. The van der Waals surface area contributed by atoms with E-state index in [9.17, 15) is 4.79 Å². The van der Waals surface area contributed by atoms with Crippen molar-refractivity contribution in [3.8, 4) is 0 Å². The SMILES string of the molecule is COC(=O)CSc1cncc(N2CCC(c3ccccc3)C2)n1. The zero-order valence-electron chi connectivity index (χ0n) is 13.0. The first-order valence-electron chi connectivity index (χ1n) is 7.58.